The number of urea groups is 1. The molecular weight excluding hydrogens is 311 g/mol. The smallest absolute Gasteiger partial charge is 0.315 e. The topological polar surface area (TPSA) is 70.2 Å². The van der Waals surface area contributed by atoms with E-state index in [0.717, 1.165) is 12.1 Å². The monoisotopic (exact) mass is 331 g/mol. The summed E-state index contributed by atoms with van der Waals surface area (Å²) in [5.41, 5.74) is 0.278. The fourth-order valence-electron chi connectivity index (χ4n) is 1.89. The van der Waals surface area contributed by atoms with E-state index in [-0.39, 0.29) is 24.6 Å². The molecule has 3 N–H and O–H groups in total. The molecule has 0 fully saturated rings. The molecule has 2 atom stereocenters. The van der Waals surface area contributed by atoms with Crippen LogP contribution in [-0.4, -0.2) is 37.7 Å². The van der Waals surface area contributed by atoms with Crippen LogP contribution in [0.3, 0.4) is 0 Å². The molecule has 3 amide bonds. The molecule has 1 aromatic rings. The third kappa shape index (κ3) is 6.17. The molecular formula is C15H20F3N3O2. The summed E-state index contributed by atoms with van der Waals surface area (Å²) in [6.07, 6.45) is 0. The van der Waals surface area contributed by atoms with Crippen molar-refractivity contribution in [1.82, 2.24) is 16.0 Å². The lowest BCUT2D eigenvalue weighted by atomic mass is 10.0. The van der Waals surface area contributed by atoms with Crippen molar-refractivity contribution < 1.29 is 22.8 Å². The van der Waals surface area contributed by atoms with E-state index in [1.807, 2.05) is 0 Å². The van der Waals surface area contributed by atoms with Crippen molar-refractivity contribution in [2.75, 3.05) is 19.8 Å². The van der Waals surface area contributed by atoms with E-state index in [1.165, 1.54) is 13.0 Å². The molecule has 0 aromatic heterocycles. The molecule has 0 saturated carbocycles. The van der Waals surface area contributed by atoms with E-state index in [0.29, 0.717) is 0 Å². The maximum Gasteiger partial charge on any atom is 0.315 e. The van der Waals surface area contributed by atoms with Crippen molar-refractivity contribution in [2.24, 2.45) is 0 Å². The molecule has 0 heterocycles. The van der Waals surface area contributed by atoms with Crippen LogP contribution in [0.4, 0.5) is 18.0 Å². The first kappa shape index (κ1) is 18.8. The van der Waals surface area contributed by atoms with Gasteiger partial charge < -0.3 is 16.0 Å². The maximum atomic E-state index is 13.6. The zero-order valence-electron chi connectivity index (χ0n) is 13.0. The van der Waals surface area contributed by atoms with Gasteiger partial charge in [-0.15, -0.1) is 0 Å². The molecule has 0 aliphatic rings. The predicted octanol–water partition coefficient (Wildman–Crippen LogP) is 1.84. The Hall–Kier alpha value is -2.25. The van der Waals surface area contributed by atoms with Crippen LogP contribution in [-0.2, 0) is 4.79 Å². The number of hydrogen-bond donors (Lipinski definition) is 3. The highest BCUT2D eigenvalue weighted by molar-refractivity contribution is 5.86. The molecule has 0 aliphatic carbocycles. The highest BCUT2D eigenvalue weighted by atomic mass is 19.1. The Labute approximate surface area is 132 Å². The van der Waals surface area contributed by atoms with Crippen LogP contribution in [0.25, 0.3) is 0 Å². The first-order valence-corrected chi connectivity index (χ1v) is 7.18. The number of hydrogen-bond acceptors (Lipinski definition) is 2. The van der Waals surface area contributed by atoms with Crippen LogP contribution in [0.5, 0.6) is 0 Å². The van der Waals surface area contributed by atoms with Crippen LogP contribution in [0, 0.1) is 11.6 Å². The fraction of sp³-hybridized carbons (Fsp3) is 0.467. The number of halogens is 3. The molecule has 0 aliphatic heterocycles. The summed E-state index contributed by atoms with van der Waals surface area (Å²) >= 11 is 0. The minimum atomic E-state index is -0.834. The minimum absolute atomic E-state index is 0.104. The van der Waals surface area contributed by atoms with Gasteiger partial charge in [-0.05, 0) is 18.6 Å². The second kappa shape index (κ2) is 9.02. The second-order valence-electron chi connectivity index (χ2n) is 5.12. The Bertz CT molecular complexity index is 555. The van der Waals surface area contributed by atoms with Crippen molar-refractivity contribution in [3.8, 4) is 0 Å². The Kier molecular flexibility index (Phi) is 7.37. The van der Waals surface area contributed by atoms with Crippen LogP contribution in [0.1, 0.15) is 25.3 Å². The summed E-state index contributed by atoms with van der Waals surface area (Å²) in [5, 5.41) is 7.18. The van der Waals surface area contributed by atoms with Gasteiger partial charge in [0, 0.05) is 25.1 Å². The van der Waals surface area contributed by atoms with Crippen molar-refractivity contribution in [2.45, 2.75) is 25.8 Å². The van der Waals surface area contributed by atoms with E-state index in [4.69, 9.17) is 0 Å². The van der Waals surface area contributed by atoms with Crippen molar-refractivity contribution >= 4 is 11.9 Å². The van der Waals surface area contributed by atoms with Gasteiger partial charge in [0.25, 0.3) is 0 Å². The van der Waals surface area contributed by atoms with Crippen molar-refractivity contribution in [1.29, 1.82) is 0 Å². The van der Waals surface area contributed by atoms with Gasteiger partial charge in [-0.2, -0.15) is 0 Å². The van der Waals surface area contributed by atoms with E-state index in [1.54, 1.807) is 6.92 Å². The zero-order valence-corrected chi connectivity index (χ0v) is 13.0. The van der Waals surface area contributed by atoms with Gasteiger partial charge >= 0.3 is 6.03 Å². The molecule has 1 aromatic carbocycles. The lowest BCUT2D eigenvalue weighted by Crippen LogP contribution is -2.49. The number of carbonyl (C=O) groups excluding carboxylic acids is 2. The average molecular weight is 331 g/mol. The predicted molar refractivity (Wildman–Crippen MR) is 79.8 cm³/mol. The SMILES string of the molecule is C[C@@H](NC(=O)NC[C@H](C)c1ccc(F)cc1F)C(=O)NCCF. The number of rotatable bonds is 7. The highest BCUT2D eigenvalue weighted by Gasteiger charge is 2.16. The summed E-state index contributed by atoms with van der Waals surface area (Å²) in [6.45, 7) is 2.43. The minimum Gasteiger partial charge on any atom is -0.352 e. The lowest BCUT2D eigenvalue weighted by molar-refractivity contribution is -0.122. The Morgan fingerprint density at radius 2 is 1.87 bits per heavy atom. The van der Waals surface area contributed by atoms with Crippen LogP contribution < -0.4 is 16.0 Å². The van der Waals surface area contributed by atoms with Gasteiger partial charge in [0.05, 0.1) is 0 Å². The average Bonchev–Trinajstić information content (AvgIpc) is 2.50. The highest BCUT2D eigenvalue weighted by Crippen LogP contribution is 2.18. The summed E-state index contributed by atoms with van der Waals surface area (Å²) in [4.78, 5) is 23.1. The third-order valence-electron chi connectivity index (χ3n) is 3.20. The fourth-order valence-corrected chi connectivity index (χ4v) is 1.89. The molecule has 5 nitrogen and oxygen atoms in total. The largest absolute Gasteiger partial charge is 0.352 e. The van der Waals surface area contributed by atoms with Gasteiger partial charge in [0.1, 0.15) is 24.4 Å². The normalized spacial score (nSPS) is 13.1. The number of amides is 3. The van der Waals surface area contributed by atoms with Crippen molar-refractivity contribution in [3.05, 3.63) is 35.4 Å². The number of benzene rings is 1. The second-order valence-corrected chi connectivity index (χ2v) is 5.12. The molecule has 8 heteroatoms. The van der Waals surface area contributed by atoms with Gasteiger partial charge in [-0.3, -0.25) is 4.79 Å². The third-order valence-corrected chi connectivity index (χ3v) is 3.20. The van der Waals surface area contributed by atoms with Crippen LogP contribution >= 0.6 is 0 Å². The first-order valence-electron chi connectivity index (χ1n) is 7.18. The molecule has 0 spiro atoms. The van der Waals surface area contributed by atoms with Crippen LogP contribution in [0.15, 0.2) is 18.2 Å². The van der Waals surface area contributed by atoms with Gasteiger partial charge in [-0.25, -0.2) is 18.0 Å². The number of alkyl halides is 1. The molecule has 0 saturated heterocycles. The maximum absolute atomic E-state index is 13.6. The standard InChI is InChI=1S/C15H20F3N3O2/c1-9(12-4-3-11(17)7-13(12)18)8-20-15(23)21-10(2)14(22)19-6-5-16/h3-4,7,9-10H,5-6,8H2,1-2H3,(H,19,22)(H2,20,21,23)/t9-,10+/m0/s1. The van der Waals surface area contributed by atoms with Gasteiger partial charge in [0.15, 0.2) is 0 Å². The molecule has 0 bridgehead atoms. The molecule has 23 heavy (non-hydrogen) atoms. The van der Waals surface area contributed by atoms with Gasteiger partial charge in [0.2, 0.25) is 5.91 Å². The van der Waals surface area contributed by atoms with E-state index >= 15 is 0 Å². The van der Waals surface area contributed by atoms with E-state index < -0.39 is 36.3 Å². The Balaban J connectivity index is 2.44. The molecule has 0 unspecified atom stereocenters. The summed E-state index contributed by atoms with van der Waals surface area (Å²) in [7, 11) is 0. The summed E-state index contributed by atoms with van der Waals surface area (Å²) < 4.78 is 38.4. The van der Waals surface area contributed by atoms with Crippen molar-refractivity contribution in [3.63, 3.8) is 0 Å². The number of carbonyl (C=O) groups is 2. The van der Waals surface area contributed by atoms with Gasteiger partial charge in [-0.1, -0.05) is 13.0 Å². The lowest BCUT2D eigenvalue weighted by Gasteiger charge is -2.17. The molecule has 1 rings (SSSR count). The Morgan fingerprint density at radius 1 is 1.17 bits per heavy atom. The Morgan fingerprint density at radius 3 is 2.48 bits per heavy atom. The van der Waals surface area contributed by atoms with E-state index in [9.17, 15) is 22.8 Å². The number of nitrogens with one attached hydrogen (secondary N) is 3. The first-order chi connectivity index (χ1) is 10.8. The molecule has 0 radical (unpaired) electrons. The van der Waals surface area contributed by atoms with Crippen LogP contribution in [0.2, 0.25) is 0 Å². The quantitative estimate of drug-likeness (QED) is 0.713. The zero-order chi connectivity index (χ0) is 17.4. The molecule has 128 valence electrons. The summed E-state index contributed by atoms with van der Waals surface area (Å²) in [6, 6.07) is 1.80. The summed E-state index contributed by atoms with van der Waals surface area (Å²) in [5.74, 6) is -2.23. The van der Waals surface area contributed by atoms with E-state index in [2.05, 4.69) is 16.0 Å².